The van der Waals surface area contributed by atoms with Crippen LogP contribution in [0, 0.1) is 6.92 Å². The molecule has 1 heterocycles. The molecule has 0 aliphatic carbocycles. The van der Waals surface area contributed by atoms with Crippen molar-refractivity contribution in [3.05, 3.63) is 71.3 Å². The summed E-state index contributed by atoms with van der Waals surface area (Å²) >= 11 is 0. The first kappa shape index (κ1) is 20.3. The molecule has 0 unspecified atom stereocenters. The van der Waals surface area contributed by atoms with E-state index in [1.54, 1.807) is 45.7 Å². The highest BCUT2D eigenvalue weighted by Gasteiger charge is 2.23. The maximum absolute atomic E-state index is 13.1. The highest BCUT2D eigenvalue weighted by Crippen LogP contribution is 2.30. The SMILES string of the molecule is COc1cc(OC)cc([C@@H](NC(=O)c2ccc(C)c(OC)c2)c2nccn2C)c1. The van der Waals surface area contributed by atoms with Crippen molar-refractivity contribution in [3.8, 4) is 17.2 Å². The molecule has 0 saturated carbocycles. The van der Waals surface area contributed by atoms with Crippen molar-refractivity contribution < 1.29 is 19.0 Å². The molecule has 0 saturated heterocycles. The molecule has 1 atom stereocenters. The largest absolute Gasteiger partial charge is 0.497 e. The molecular weight excluding hydrogens is 370 g/mol. The van der Waals surface area contributed by atoms with Crippen LogP contribution in [0.15, 0.2) is 48.8 Å². The predicted octanol–water partition coefficient (Wildman–Crippen LogP) is 3.27. The Morgan fingerprint density at radius 3 is 2.28 bits per heavy atom. The van der Waals surface area contributed by atoms with Gasteiger partial charge in [-0.25, -0.2) is 4.98 Å². The van der Waals surface area contributed by atoms with E-state index < -0.39 is 6.04 Å². The number of amides is 1. The molecule has 0 radical (unpaired) electrons. The van der Waals surface area contributed by atoms with E-state index in [0.717, 1.165) is 11.1 Å². The summed E-state index contributed by atoms with van der Waals surface area (Å²) in [7, 11) is 6.65. The molecule has 7 nitrogen and oxygen atoms in total. The third-order valence-corrected chi connectivity index (χ3v) is 4.77. The zero-order chi connectivity index (χ0) is 21.0. The van der Waals surface area contributed by atoms with Crippen LogP contribution in [0.25, 0.3) is 0 Å². The van der Waals surface area contributed by atoms with E-state index in [2.05, 4.69) is 10.3 Å². The lowest BCUT2D eigenvalue weighted by Crippen LogP contribution is -2.31. The molecule has 1 N–H and O–H groups in total. The van der Waals surface area contributed by atoms with Crippen LogP contribution in [0.4, 0.5) is 0 Å². The summed E-state index contributed by atoms with van der Waals surface area (Å²) in [6.45, 7) is 1.93. The van der Waals surface area contributed by atoms with Crippen LogP contribution in [0.3, 0.4) is 0 Å². The number of aryl methyl sites for hydroxylation is 2. The number of carbonyl (C=O) groups excluding carboxylic acids is 1. The minimum absolute atomic E-state index is 0.238. The Balaban J connectivity index is 2.02. The van der Waals surface area contributed by atoms with Crippen molar-refractivity contribution in [2.24, 2.45) is 7.05 Å². The number of rotatable bonds is 7. The number of hydrogen-bond acceptors (Lipinski definition) is 5. The highest BCUT2D eigenvalue weighted by molar-refractivity contribution is 5.95. The summed E-state index contributed by atoms with van der Waals surface area (Å²) in [5.74, 6) is 2.37. The lowest BCUT2D eigenvalue weighted by atomic mass is 10.0. The molecule has 7 heteroatoms. The molecule has 0 bridgehead atoms. The third kappa shape index (κ3) is 4.34. The summed E-state index contributed by atoms with van der Waals surface area (Å²) in [5, 5.41) is 3.08. The number of hydrogen-bond donors (Lipinski definition) is 1. The second-order valence-electron chi connectivity index (χ2n) is 6.63. The van der Waals surface area contributed by atoms with Crippen LogP contribution in [0.5, 0.6) is 17.2 Å². The van der Waals surface area contributed by atoms with Crippen molar-refractivity contribution in [1.82, 2.24) is 14.9 Å². The second-order valence-corrected chi connectivity index (χ2v) is 6.63. The molecule has 0 fully saturated rings. The topological polar surface area (TPSA) is 74.6 Å². The number of carbonyl (C=O) groups is 1. The van der Waals surface area contributed by atoms with Gasteiger partial charge in [-0.05, 0) is 42.3 Å². The maximum Gasteiger partial charge on any atom is 0.252 e. The molecule has 0 aliphatic rings. The van der Waals surface area contributed by atoms with Crippen molar-refractivity contribution in [2.75, 3.05) is 21.3 Å². The first-order valence-electron chi connectivity index (χ1n) is 9.12. The number of nitrogens with one attached hydrogen (secondary N) is 1. The fraction of sp³-hybridized carbons (Fsp3) is 0.273. The van der Waals surface area contributed by atoms with Gasteiger partial charge in [-0.1, -0.05) is 6.07 Å². The number of ether oxygens (including phenoxy) is 3. The van der Waals surface area contributed by atoms with Gasteiger partial charge in [0.15, 0.2) is 0 Å². The van der Waals surface area contributed by atoms with Crippen molar-refractivity contribution >= 4 is 5.91 Å². The zero-order valence-electron chi connectivity index (χ0n) is 17.2. The van der Waals surface area contributed by atoms with E-state index in [9.17, 15) is 4.79 Å². The van der Waals surface area contributed by atoms with E-state index >= 15 is 0 Å². The smallest absolute Gasteiger partial charge is 0.252 e. The second kappa shape index (κ2) is 8.68. The average Bonchev–Trinajstić information content (AvgIpc) is 3.17. The summed E-state index contributed by atoms with van der Waals surface area (Å²) in [4.78, 5) is 17.5. The summed E-state index contributed by atoms with van der Waals surface area (Å²) < 4.78 is 18.0. The monoisotopic (exact) mass is 395 g/mol. The Labute approximate surface area is 170 Å². The van der Waals surface area contributed by atoms with Gasteiger partial charge < -0.3 is 24.1 Å². The average molecular weight is 395 g/mol. The minimum Gasteiger partial charge on any atom is -0.497 e. The van der Waals surface area contributed by atoms with Crippen molar-refractivity contribution in [3.63, 3.8) is 0 Å². The van der Waals surface area contributed by atoms with Gasteiger partial charge in [0.2, 0.25) is 0 Å². The van der Waals surface area contributed by atoms with Crippen LogP contribution in [-0.2, 0) is 7.05 Å². The zero-order valence-corrected chi connectivity index (χ0v) is 17.2. The van der Waals surface area contributed by atoms with Gasteiger partial charge in [-0.2, -0.15) is 0 Å². The summed E-state index contributed by atoms with van der Waals surface area (Å²) in [6.07, 6.45) is 3.53. The molecule has 1 amide bonds. The van der Waals surface area contributed by atoms with E-state index in [1.165, 1.54) is 0 Å². The first-order valence-corrected chi connectivity index (χ1v) is 9.12. The lowest BCUT2D eigenvalue weighted by Gasteiger charge is -2.21. The fourth-order valence-electron chi connectivity index (χ4n) is 3.12. The van der Waals surface area contributed by atoms with Crippen LogP contribution in [0.1, 0.15) is 33.4 Å². The van der Waals surface area contributed by atoms with E-state index in [-0.39, 0.29) is 5.91 Å². The predicted molar refractivity (Wildman–Crippen MR) is 110 cm³/mol. The van der Waals surface area contributed by atoms with Gasteiger partial charge in [0.25, 0.3) is 5.91 Å². The normalized spacial score (nSPS) is 11.6. The van der Waals surface area contributed by atoms with Gasteiger partial charge in [0.05, 0.1) is 21.3 Å². The Hall–Kier alpha value is -3.48. The minimum atomic E-state index is -0.501. The van der Waals surface area contributed by atoms with E-state index in [0.29, 0.717) is 28.6 Å². The molecule has 1 aromatic heterocycles. The molecule has 0 spiro atoms. The molecule has 152 valence electrons. The Morgan fingerprint density at radius 1 is 1.03 bits per heavy atom. The Kier molecular flexibility index (Phi) is 6.07. The number of benzene rings is 2. The number of methoxy groups -OCH3 is 3. The highest BCUT2D eigenvalue weighted by atomic mass is 16.5. The van der Waals surface area contributed by atoms with Crippen LogP contribution in [-0.4, -0.2) is 36.8 Å². The van der Waals surface area contributed by atoms with Crippen molar-refractivity contribution in [1.29, 1.82) is 0 Å². The Morgan fingerprint density at radius 2 is 1.72 bits per heavy atom. The van der Waals surface area contributed by atoms with Gasteiger partial charge >= 0.3 is 0 Å². The van der Waals surface area contributed by atoms with Crippen molar-refractivity contribution in [2.45, 2.75) is 13.0 Å². The van der Waals surface area contributed by atoms with Crippen LogP contribution in [0.2, 0.25) is 0 Å². The third-order valence-electron chi connectivity index (χ3n) is 4.77. The lowest BCUT2D eigenvalue weighted by molar-refractivity contribution is 0.0940. The first-order chi connectivity index (χ1) is 14.0. The summed E-state index contributed by atoms with van der Waals surface area (Å²) in [5.41, 5.74) is 2.26. The van der Waals surface area contributed by atoms with Gasteiger partial charge in [0, 0.05) is 31.1 Å². The van der Waals surface area contributed by atoms with Gasteiger partial charge in [-0.15, -0.1) is 0 Å². The quantitative estimate of drug-likeness (QED) is 0.665. The number of nitrogens with zero attached hydrogens (tertiary/aromatic N) is 2. The fourth-order valence-corrected chi connectivity index (χ4v) is 3.12. The van der Waals surface area contributed by atoms with E-state index in [4.69, 9.17) is 14.2 Å². The molecular formula is C22H25N3O4. The number of imidazole rings is 1. The van der Waals surface area contributed by atoms with Gasteiger partial charge in [0.1, 0.15) is 29.1 Å². The number of aromatic nitrogens is 2. The molecule has 3 aromatic rings. The maximum atomic E-state index is 13.1. The Bertz CT molecular complexity index is 991. The van der Waals surface area contributed by atoms with E-state index in [1.807, 2.05) is 42.9 Å². The summed E-state index contributed by atoms with van der Waals surface area (Å²) in [6, 6.07) is 10.4. The molecule has 29 heavy (non-hydrogen) atoms. The molecule has 0 aliphatic heterocycles. The standard InChI is InChI=1S/C22H25N3O4/c1-14-6-7-15(12-19(14)29-5)22(26)24-20(21-23-8-9-25(21)2)16-10-17(27-3)13-18(11-16)28-4/h6-13,20H,1-5H3,(H,24,26)/t20-/m1/s1. The molecule has 3 rings (SSSR count). The molecule has 2 aromatic carbocycles. The van der Waals surface area contributed by atoms with Gasteiger partial charge in [-0.3, -0.25) is 4.79 Å². The van der Waals surface area contributed by atoms with Crippen LogP contribution < -0.4 is 19.5 Å². The van der Waals surface area contributed by atoms with Crippen LogP contribution >= 0.6 is 0 Å².